The summed E-state index contributed by atoms with van der Waals surface area (Å²) in [6.45, 7) is 4.06. The lowest BCUT2D eigenvalue weighted by Crippen LogP contribution is -2.51. The lowest BCUT2D eigenvalue weighted by Gasteiger charge is -2.34. The van der Waals surface area contributed by atoms with Gasteiger partial charge in [-0.2, -0.15) is 0 Å². The van der Waals surface area contributed by atoms with Crippen LogP contribution in [0.15, 0.2) is 23.6 Å². The summed E-state index contributed by atoms with van der Waals surface area (Å²) in [5.41, 5.74) is 1.43. The van der Waals surface area contributed by atoms with Crippen LogP contribution >= 0.6 is 11.3 Å². The summed E-state index contributed by atoms with van der Waals surface area (Å²) < 4.78 is 15.6. The molecule has 9 nitrogen and oxygen atoms in total. The van der Waals surface area contributed by atoms with Crippen molar-refractivity contribution in [2.24, 2.45) is 0 Å². The fourth-order valence-electron chi connectivity index (χ4n) is 3.09. The van der Waals surface area contributed by atoms with Crippen LogP contribution in [0, 0.1) is 0 Å². The highest BCUT2D eigenvalue weighted by atomic mass is 32.1. The van der Waals surface area contributed by atoms with Crippen molar-refractivity contribution in [3.8, 4) is 11.5 Å². The van der Waals surface area contributed by atoms with Crippen LogP contribution in [0.4, 0.5) is 15.6 Å². The quantitative estimate of drug-likeness (QED) is 0.716. The van der Waals surface area contributed by atoms with Gasteiger partial charge in [-0.25, -0.2) is 9.78 Å². The minimum atomic E-state index is -0.326. The first-order chi connectivity index (χ1) is 14.5. The average Bonchev–Trinajstić information content (AvgIpc) is 3.20. The highest BCUT2D eigenvalue weighted by Gasteiger charge is 2.25. The molecule has 0 bridgehead atoms. The molecule has 0 radical (unpaired) electrons. The summed E-state index contributed by atoms with van der Waals surface area (Å²) >= 11 is 1.42. The van der Waals surface area contributed by atoms with Crippen molar-refractivity contribution in [3.05, 3.63) is 29.3 Å². The second-order valence-electron chi connectivity index (χ2n) is 6.58. The van der Waals surface area contributed by atoms with E-state index in [-0.39, 0.29) is 18.4 Å². The molecule has 0 aliphatic carbocycles. The fourth-order valence-corrected chi connectivity index (χ4v) is 3.82. The molecule has 0 unspecified atom stereocenters. The molecule has 1 aromatic heterocycles. The summed E-state index contributed by atoms with van der Waals surface area (Å²) in [4.78, 5) is 32.3. The number of nitrogens with zero attached hydrogens (tertiary/aromatic N) is 3. The van der Waals surface area contributed by atoms with Gasteiger partial charge in [0.1, 0.15) is 11.5 Å². The maximum atomic E-state index is 12.6. The third-order valence-corrected chi connectivity index (χ3v) is 5.50. The minimum Gasteiger partial charge on any atom is -0.497 e. The largest absolute Gasteiger partial charge is 0.497 e. The van der Waals surface area contributed by atoms with Crippen LogP contribution in [0.5, 0.6) is 11.5 Å². The van der Waals surface area contributed by atoms with Gasteiger partial charge in [-0.1, -0.05) is 0 Å². The van der Waals surface area contributed by atoms with E-state index in [0.29, 0.717) is 55.1 Å². The van der Waals surface area contributed by atoms with E-state index in [1.54, 1.807) is 30.9 Å². The molecule has 2 aromatic rings. The van der Waals surface area contributed by atoms with Crippen molar-refractivity contribution in [3.63, 3.8) is 0 Å². The number of benzene rings is 1. The Labute approximate surface area is 179 Å². The molecule has 2 amide bonds. The van der Waals surface area contributed by atoms with Crippen LogP contribution in [0.2, 0.25) is 0 Å². The molecule has 3 rings (SSSR count). The van der Waals surface area contributed by atoms with E-state index in [1.807, 2.05) is 23.6 Å². The van der Waals surface area contributed by atoms with Gasteiger partial charge in [0.15, 0.2) is 5.13 Å². The van der Waals surface area contributed by atoms with E-state index >= 15 is 0 Å². The van der Waals surface area contributed by atoms with Gasteiger partial charge in [0.05, 0.1) is 38.6 Å². The van der Waals surface area contributed by atoms with Crippen molar-refractivity contribution in [2.45, 2.75) is 13.3 Å². The number of carbonyl (C=O) groups is 2. The number of carbonyl (C=O) groups excluding carboxylic acids is 2. The van der Waals surface area contributed by atoms with Crippen LogP contribution in [0.1, 0.15) is 12.6 Å². The zero-order chi connectivity index (χ0) is 21.5. The first kappa shape index (κ1) is 21.7. The fraction of sp³-hybridized carbons (Fsp3) is 0.450. The summed E-state index contributed by atoms with van der Waals surface area (Å²) in [7, 11) is 3.20. The van der Waals surface area contributed by atoms with Crippen molar-refractivity contribution >= 4 is 34.2 Å². The number of piperazine rings is 1. The molecular weight excluding hydrogens is 408 g/mol. The SMILES string of the molecule is CCOC(=O)N1CCN(C(=O)Cc2csc(Nc3cc(OC)ccc3OC)n2)CC1. The highest BCUT2D eigenvalue weighted by molar-refractivity contribution is 7.13. The predicted octanol–water partition coefficient (Wildman–Crippen LogP) is 2.75. The van der Waals surface area contributed by atoms with E-state index in [2.05, 4.69) is 10.3 Å². The lowest BCUT2D eigenvalue weighted by atomic mass is 10.2. The van der Waals surface area contributed by atoms with Gasteiger partial charge < -0.3 is 29.3 Å². The number of rotatable bonds is 7. The average molecular weight is 435 g/mol. The Hall–Kier alpha value is -3.01. The zero-order valence-electron chi connectivity index (χ0n) is 17.3. The number of methoxy groups -OCH3 is 2. The van der Waals surface area contributed by atoms with Crippen molar-refractivity contribution in [1.82, 2.24) is 14.8 Å². The Bertz CT molecular complexity index is 880. The minimum absolute atomic E-state index is 0.00526. The van der Waals surface area contributed by atoms with Gasteiger partial charge >= 0.3 is 6.09 Å². The smallest absolute Gasteiger partial charge is 0.409 e. The molecular formula is C20H26N4O5S. The Morgan fingerprint density at radius 2 is 1.87 bits per heavy atom. The topological polar surface area (TPSA) is 93.2 Å². The molecule has 2 heterocycles. The summed E-state index contributed by atoms with van der Waals surface area (Å²) in [5, 5.41) is 5.75. The summed E-state index contributed by atoms with van der Waals surface area (Å²) in [6, 6.07) is 5.46. The maximum Gasteiger partial charge on any atom is 0.409 e. The second kappa shape index (κ2) is 10.1. The van der Waals surface area contributed by atoms with Gasteiger partial charge in [0, 0.05) is 37.6 Å². The Morgan fingerprint density at radius 1 is 1.13 bits per heavy atom. The first-order valence-electron chi connectivity index (χ1n) is 9.67. The molecule has 30 heavy (non-hydrogen) atoms. The third-order valence-electron chi connectivity index (χ3n) is 4.69. The number of hydrogen-bond acceptors (Lipinski definition) is 8. The molecule has 0 atom stereocenters. The van der Waals surface area contributed by atoms with Crippen LogP contribution in [-0.2, 0) is 16.0 Å². The van der Waals surface area contributed by atoms with E-state index < -0.39 is 0 Å². The standard InChI is InChI=1S/C20H26N4O5S/c1-4-29-20(26)24-9-7-23(8-10-24)18(25)11-14-13-30-19(21-14)22-16-12-15(27-2)5-6-17(16)28-3/h5-6,12-13H,4,7-11H2,1-3H3,(H,21,22). The van der Waals surface area contributed by atoms with E-state index in [0.717, 1.165) is 5.69 Å². The molecule has 1 fully saturated rings. The Kier molecular flexibility index (Phi) is 7.34. The predicted molar refractivity (Wildman–Crippen MR) is 114 cm³/mol. The Balaban J connectivity index is 1.56. The van der Waals surface area contributed by atoms with Gasteiger partial charge in [-0.05, 0) is 19.1 Å². The zero-order valence-corrected chi connectivity index (χ0v) is 18.2. The summed E-state index contributed by atoms with van der Waals surface area (Å²) in [5.74, 6) is 1.37. The number of ether oxygens (including phenoxy) is 3. The van der Waals surface area contributed by atoms with Gasteiger partial charge in [0.25, 0.3) is 0 Å². The molecule has 1 aliphatic rings. The number of amides is 2. The second-order valence-corrected chi connectivity index (χ2v) is 7.44. The van der Waals surface area contributed by atoms with E-state index in [4.69, 9.17) is 14.2 Å². The van der Waals surface area contributed by atoms with E-state index in [9.17, 15) is 9.59 Å². The van der Waals surface area contributed by atoms with Gasteiger partial charge in [-0.15, -0.1) is 11.3 Å². The molecule has 1 aromatic carbocycles. The van der Waals surface area contributed by atoms with Crippen LogP contribution in [0.3, 0.4) is 0 Å². The Morgan fingerprint density at radius 3 is 2.53 bits per heavy atom. The molecule has 0 spiro atoms. The van der Waals surface area contributed by atoms with Crippen LogP contribution in [0.25, 0.3) is 0 Å². The molecule has 1 aliphatic heterocycles. The molecule has 10 heteroatoms. The highest BCUT2D eigenvalue weighted by Crippen LogP contribution is 2.32. The van der Waals surface area contributed by atoms with Gasteiger partial charge in [-0.3, -0.25) is 4.79 Å². The van der Waals surface area contributed by atoms with Crippen molar-refractivity contribution in [2.75, 3.05) is 52.3 Å². The molecule has 0 saturated carbocycles. The van der Waals surface area contributed by atoms with Crippen molar-refractivity contribution in [1.29, 1.82) is 0 Å². The normalized spacial score (nSPS) is 13.7. The van der Waals surface area contributed by atoms with Crippen LogP contribution in [-0.4, -0.2) is 73.8 Å². The number of anilines is 2. The molecule has 1 saturated heterocycles. The van der Waals surface area contributed by atoms with Gasteiger partial charge in [0.2, 0.25) is 5.91 Å². The number of thiazole rings is 1. The summed E-state index contributed by atoms with van der Waals surface area (Å²) in [6.07, 6.45) is -0.111. The molecule has 162 valence electrons. The first-order valence-corrected chi connectivity index (χ1v) is 10.5. The van der Waals surface area contributed by atoms with Crippen molar-refractivity contribution < 1.29 is 23.8 Å². The number of hydrogen-bond donors (Lipinski definition) is 1. The van der Waals surface area contributed by atoms with E-state index in [1.165, 1.54) is 11.3 Å². The number of nitrogens with one attached hydrogen (secondary N) is 1. The third kappa shape index (κ3) is 5.32. The van der Waals surface area contributed by atoms with Crippen LogP contribution < -0.4 is 14.8 Å². The number of aromatic nitrogens is 1. The monoisotopic (exact) mass is 434 g/mol. The maximum absolute atomic E-state index is 12.6. The lowest BCUT2D eigenvalue weighted by molar-refractivity contribution is -0.132. The molecule has 1 N–H and O–H groups in total.